The minimum Gasteiger partial charge on any atom is -0.444 e. The summed E-state index contributed by atoms with van der Waals surface area (Å²) in [6, 6.07) is 7.08. The fourth-order valence-electron chi connectivity index (χ4n) is 3.62. The number of hydrogen-bond donors (Lipinski definition) is 1. The molecule has 32 heavy (non-hydrogen) atoms. The van der Waals surface area contributed by atoms with Gasteiger partial charge in [-0.15, -0.1) is 0 Å². The number of amides is 1. The summed E-state index contributed by atoms with van der Waals surface area (Å²) in [7, 11) is 0. The summed E-state index contributed by atoms with van der Waals surface area (Å²) in [5, 5.41) is 16.7. The molecule has 10 heteroatoms. The lowest BCUT2D eigenvalue weighted by Gasteiger charge is -2.34. The predicted octanol–water partition coefficient (Wildman–Crippen LogP) is 3.61. The Morgan fingerprint density at radius 3 is 2.91 bits per heavy atom. The van der Waals surface area contributed by atoms with Gasteiger partial charge in [0.15, 0.2) is 17.3 Å². The Kier molecular flexibility index (Phi) is 5.65. The monoisotopic (exact) mass is 437 g/mol. The minimum absolute atomic E-state index is 0.0714. The van der Waals surface area contributed by atoms with Gasteiger partial charge in [-0.05, 0) is 45.7 Å². The van der Waals surface area contributed by atoms with Crippen molar-refractivity contribution >= 4 is 17.4 Å². The first-order valence-corrected chi connectivity index (χ1v) is 10.4. The molecule has 0 saturated carbocycles. The second-order valence-corrected chi connectivity index (χ2v) is 8.67. The summed E-state index contributed by atoms with van der Waals surface area (Å²) < 4.78 is 22.0. The molecule has 0 aromatic carbocycles. The topological polar surface area (TPSA) is 108 Å². The maximum Gasteiger partial charge on any atom is 0.410 e. The molecule has 166 valence electrons. The third-order valence-corrected chi connectivity index (χ3v) is 5.04. The second-order valence-electron chi connectivity index (χ2n) is 8.67. The van der Waals surface area contributed by atoms with Gasteiger partial charge in [0.25, 0.3) is 0 Å². The number of likely N-dealkylation sites (tertiary alicyclic amines) is 1. The van der Waals surface area contributed by atoms with Gasteiger partial charge in [-0.2, -0.15) is 14.8 Å². The van der Waals surface area contributed by atoms with Crippen molar-refractivity contribution < 1.29 is 13.9 Å². The summed E-state index contributed by atoms with van der Waals surface area (Å²) in [6.45, 7) is 6.34. The van der Waals surface area contributed by atoms with E-state index in [9.17, 15) is 14.4 Å². The van der Waals surface area contributed by atoms with Crippen molar-refractivity contribution in [2.24, 2.45) is 0 Å². The number of carbonyl (C=O) groups is 1. The fourth-order valence-corrected chi connectivity index (χ4v) is 3.62. The van der Waals surface area contributed by atoms with E-state index in [1.807, 2.05) is 39.0 Å². The molecule has 1 amide bonds. The van der Waals surface area contributed by atoms with Gasteiger partial charge in [0, 0.05) is 25.3 Å². The predicted molar refractivity (Wildman–Crippen MR) is 115 cm³/mol. The van der Waals surface area contributed by atoms with Gasteiger partial charge in [-0.25, -0.2) is 19.3 Å². The number of ether oxygens (including phenoxy) is 1. The molecule has 1 N–H and O–H groups in total. The van der Waals surface area contributed by atoms with Crippen LogP contribution in [0.2, 0.25) is 0 Å². The normalized spacial score (nSPS) is 16.6. The average molecular weight is 437 g/mol. The first kappa shape index (κ1) is 21.5. The zero-order valence-electron chi connectivity index (χ0n) is 18.2. The van der Waals surface area contributed by atoms with Gasteiger partial charge < -0.3 is 15.0 Å². The Bertz CT molecular complexity index is 1200. The lowest BCUT2D eigenvalue weighted by atomic mass is 10.1. The van der Waals surface area contributed by atoms with Crippen LogP contribution in [0.5, 0.6) is 0 Å². The van der Waals surface area contributed by atoms with Crippen LogP contribution in [0.15, 0.2) is 30.6 Å². The van der Waals surface area contributed by atoms with Crippen LogP contribution in [0, 0.1) is 17.1 Å². The first-order valence-electron chi connectivity index (χ1n) is 10.4. The number of pyridine rings is 1. The number of nitriles is 1. The van der Waals surface area contributed by atoms with Crippen LogP contribution >= 0.6 is 0 Å². The third-order valence-electron chi connectivity index (χ3n) is 5.04. The lowest BCUT2D eigenvalue weighted by molar-refractivity contribution is 0.0206. The fraction of sp³-hybridized carbons (Fsp3) is 0.409. The van der Waals surface area contributed by atoms with Crippen LogP contribution < -0.4 is 5.32 Å². The van der Waals surface area contributed by atoms with Crippen molar-refractivity contribution in [1.29, 1.82) is 5.26 Å². The highest BCUT2D eigenvalue weighted by Gasteiger charge is 2.29. The molecule has 1 fully saturated rings. The number of nitrogens with one attached hydrogen (secondary N) is 1. The quantitative estimate of drug-likeness (QED) is 0.667. The molecule has 1 aliphatic rings. The number of carbonyl (C=O) groups excluding carboxylic acids is 1. The van der Waals surface area contributed by atoms with E-state index in [2.05, 4.69) is 20.4 Å². The summed E-state index contributed by atoms with van der Waals surface area (Å²) in [5.74, 6) is -0.688. The molecule has 1 atom stereocenters. The van der Waals surface area contributed by atoms with E-state index in [1.165, 1.54) is 0 Å². The molecule has 3 aromatic rings. The van der Waals surface area contributed by atoms with E-state index >= 15 is 0 Å². The third kappa shape index (κ3) is 4.46. The number of nitrogens with zero attached hydrogens (tertiary/aromatic N) is 6. The zero-order valence-corrected chi connectivity index (χ0v) is 18.2. The molecule has 0 bridgehead atoms. The Balaban J connectivity index is 1.60. The zero-order chi connectivity index (χ0) is 22.9. The minimum atomic E-state index is -0.817. The van der Waals surface area contributed by atoms with Crippen molar-refractivity contribution in [2.45, 2.75) is 45.3 Å². The molecular formula is C22H24FN7O2. The van der Waals surface area contributed by atoms with Gasteiger partial charge in [-0.3, -0.25) is 0 Å². The van der Waals surface area contributed by atoms with E-state index in [0.717, 1.165) is 18.4 Å². The van der Waals surface area contributed by atoms with Gasteiger partial charge >= 0.3 is 6.09 Å². The van der Waals surface area contributed by atoms with Gasteiger partial charge in [-0.1, -0.05) is 6.07 Å². The highest BCUT2D eigenvalue weighted by molar-refractivity contribution is 5.76. The van der Waals surface area contributed by atoms with Gasteiger partial charge in [0.1, 0.15) is 11.7 Å². The Morgan fingerprint density at radius 2 is 2.16 bits per heavy atom. The van der Waals surface area contributed by atoms with Crippen LogP contribution in [0.3, 0.4) is 0 Å². The molecule has 0 radical (unpaired) electrons. The number of halogens is 1. The standard InChI is InChI=1S/C22H24FN7O2/c1-22(2,3)32-21(31)29-9-6-7-14(13-29)26-20-18(23)16(11-24)27-19(28-20)15-12-25-30-10-5-4-8-17(15)30/h4-5,8,10,12,14H,6-7,9,13H2,1-3H3,(H,26,27,28)/t14-/m1/s1. The van der Waals surface area contributed by atoms with Crippen molar-refractivity contribution in [3.05, 3.63) is 42.1 Å². The smallest absolute Gasteiger partial charge is 0.410 e. The maximum atomic E-state index is 14.9. The Morgan fingerprint density at radius 1 is 1.34 bits per heavy atom. The Labute approximate surface area is 184 Å². The number of rotatable bonds is 3. The van der Waals surface area contributed by atoms with Crippen LogP contribution in [0.25, 0.3) is 16.9 Å². The highest BCUT2D eigenvalue weighted by atomic mass is 19.1. The largest absolute Gasteiger partial charge is 0.444 e. The van der Waals surface area contributed by atoms with E-state index in [0.29, 0.717) is 18.7 Å². The van der Waals surface area contributed by atoms with E-state index < -0.39 is 17.5 Å². The van der Waals surface area contributed by atoms with E-state index in [1.54, 1.807) is 27.9 Å². The Hall–Kier alpha value is -3.74. The molecule has 1 aliphatic heterocycles. The molecule has 0 aliphatic carbocycles. The summed E-state index contributed by atoms with van der Waals surface area (Å²) >= 11 is 0. The summed E-state index contributed by atoms with van der Waals surface area (Å²) in [6.07, 6.45) is 4.40. The highest BCUT2D eigenvalue weighted by Crippen LogP contribution is 2.26. The van der Waals surface area contributed by atoms with Crippen molar-refractivity contribution in [3.8, 4) is 17.5 Å². The molecule has 1 saturated heterocycles. The molecule has 4 heterocycles. The summed E-state index contributed by atoms with van der Waals surface area (Å²) in [5.41, 5.74) is 0.376. The van der Waals surface area contributed by atoms with Crippen molar-refractivity contribution in [1.82, 2.24) is 24.5 Å². The van der Waals surface area contributed by atoms with Crippen molar-refractivity contribution in [2.75, 3.05) is 18.4 Å². The van der Waals surface area contributed by atoms with Gasteiger partial charge in [0.2, 0.25) is 5.82 Å². The molecule has 9 nitrogen and oxygen atoms in total. The van der Waals surface area contributed by atoms with Gasteiger partial charge in [0.05, 0.1) is 17.3 Å². The first-order chi connectivity index (χ1) is 15.2. The molecular weight excluding hydrogens is 413 g/mol. The van der Waals surface area contributed by atoms with E-state index in [-0.39, 0.29) is 23.4 Å². The molecule has 4 rings (SSSR count). The average Bonchev–Trinajstić information content (AvgIpc) is 3.18. The molecule has 0 unspecified atom stereocenters. The maximum absolute atomic E-state index is 14.9. The number of piperidine rings is 1. The number of hydrogen-bond acceptors (Lipinski definition) is 7. The number of aromatic nitrogens is 4. The SMILES string of the molecule is CC(C)(C)OC(=O)N1CCC[C@@H](Nc2nc(-c3cnn4ccccc34)nc(C#N)c2F)C1. The summed E-state index contributed by atoms with van der Waals surface area (Å²) in [4.78, 5) is 22.5. The van der Waals surface area contributed by atoms with Crippen LogP contribution in [0.4, 0.5) is 15.0 Å². The van der Waals surface area contributed by atoms with E-state index in [4.69, 9.17) is 4.74 Å². The van der Waals surface area contributed by atoms with Crippen LogP contribution in [-0.2, 0) is 4.74 Å². The molecule has 0 spiro atoms. The van der Waals surface area contributed by atoms with Crippen molar-refractivity contribution in [3.63, 3.8) is 0 Å². The van der Waals surface area contributed by atoms with Crippen LogP contribution in [-0.4, -0.2) is 55.3 Å². The lowest BCUT2D eigenvalue weighted by Crippen LogP contribution is -2.47. The number of fused-ring (bicyclic) bond motifs is 1. The number of anilines is 1. The molecule has 3 aromatic heterocycles. The van der Waals surface area contributed by atoms with Crippen LogP contribution in [0.1, 0.15) is 39.3 Å². The second kappa shape index (κ2) is 8.42.